The third kappa shape index (κ3) is 5.23. The molecule has 0 aliphatic carbocycles. The van der Waals surface area contributed by atoms with Crippen LogP contribution in [0.5, 0.6) is 0 Å². The Bertz CT molecular complexity index is 372. The van der Waals surface area contributed by atoms with Crippen LogP contribution in [0.25, 0.3) is 0 Å². The highest BCUT2D eigenvalue weighted by molar-refractivity contribution is 5.25. The molecule has 0 aromatic heterocycles. The van der Waals surface area contributed by atoms with Gasteiger partial charge in [0.25, 0.3) is 0 Å². The molecule has 1 N–H and O–H groups in total. The average molecular weight is 277 g/mol. The van der Waals surface area contributed by atoms with Crippen LogP contribution in [-0.4, -0.2) is 56.6 Å². The lowest BCUT2D eigenvalue weighted by Gasteiger charge is -2.33. The van der Waals surface area contributed by atoms with Gasteiger partial charge >= 0.3 is 0 Å². The minimum Gasteiger partial charge on any atom is -0.309 e. The van der Waals surface area contributed by atoms with E-state index in [4.69, 9.17) is 0 Å². The minimum atomic E-state index is 0.382. The van der Waals surface area contributed by atoms with Gasteiger partial charge in [0.1, 0.15) is 0 Å². The van der Waals surface area contributed by atoms with Gasteiger partial charge in [-0.2, -0.15) is 0 Å². The molecule has 3 heteroatoms. The van der Waals surface area contributed by atoms with E-state index >= 15 is 0 Å². The molecule has 0 bridgehead atoms. The molecule has 0 amide bonds. The number of nitrogens with zero attached hydrogens (tertiary/aromatic N) is 2. The molecule has 0 saturated carbocycles. The summed E-state index contributed by atoms with van der Waals surface area (Å²) in [4.78, 5) is 4.67. The summed E-state index contributed by atoms with van der Waals surface area (Å²) >= 11 is 0. The molecule has 20 heavy (non-hydrogen) atoms. The number of hydrogen-bond acceptors (Lipinski definition) is 3. The van der Waals surface area contributed by atoms with Gasteiger partial charge in [-0.25, -0.2) is 0 Å². The number of likely N-dealkylation sites (N-methyl/N-ethyl adjacent to an activating group) is 3. The molecular formula is C17H31N3. The van der Waals surface area contributed by atoms with Crippen LogP contribution >= 0.6 is 0 Å². The molecule has 0 fully saturated rings. The van der Waals surface area contributed by atoms with Gasteiger partial charge < -0.3 is 15.1 Å². The molecule has 2 unspecified atom stereocenters. The Hall–Kier alpha value is -0.900. The molecular weight excluding hydrogens is 246 g/mol. The van der Waals surface area contributed by atoms with Crippen LogP contribution in [0.1, 0.15) is 31.0 Å². The van der Waals surface area contributed by atoms with E-state index in [0.717, 1.165) is 19.6 Å². The Balaban J connectivity index is 2.76. The van der Waals surface area contributed by atoms with Crippen LogP contribution in [0.3, 0.4) is 0 Å². The first-order valence-corrected chi connectivity index (χ1v) is 7.60. The quantitative estimate of drug-likeness (QED) is 0.788. The predicted molar refractivity (Wildman–Crippen MR) is 88.2 cm³/mol. The Morgan fingerprint density at radius 3 is 2.15 bits per heavy atom. The Kier molecular flexibility index (Phi) is 7.20. The lowest BCUT2D eigenvalue weighted by molar-refractivity contribution is 0.190. The maximum absolute atomic E-state index is 3.63. The SMILES string of the molecule is CCNC(c1ccc(C)cc1)C(C)N(C)CCN(C)C. The monoisotopic (exact) mass is 277 g/mol. The molecule has 114 valence electrons. The van der Waals surface area contributed by atoms with Crippen LogP contribution in [0, 0.1) is 6.92 Å². The summed E-state index contributed by atoms with van der Waals surface area (Å²) in [6.45, 7) is 9.79. The molecule has 0 radical (unpaired) electrons. The number of benzene rings is 1. The topological polar surface area (TPSA) is 18.5 Å². The zero-order valence-electron chi connectivity index (χ0n) is 14.0. The van der Waals surface area contributed by atoms with Crippen LogP contribution in [0.2, 0.25) is 0 Å². The highest BCUT2D eigenvalue weighted by atomic mass is 15.2. The summed E-state index contributed by atoms with van der Waals surface area (Å²) in [6, 6.07) is 9.75. The van der Waals surface area contributed by atoms with E-state index in [1.807, 2.05) is 0 Å². The van der Waals surface area contributed by atoms with Gasteiger partial charge in [0, 0.05) is 25.2 Å². The van der Waals surface area contributed by atoms with E-state index in [0.29, 0.717) is 12.1 Å². The second-order valence-corrected chi connectivity index (χ2v) is 5.97. The maximum Gasteiger partial charge on any atom is 0.0475 e. The summed E-state index contributed by atoms with van der Waals surface area (Å²) in [5.74, 6) is 0. The van der Waals surface area contributed by atoms with Crippen molar-refractivity contribution in [2.75, 3.05) is 40.8 Å². The van der Waals surface area contributed by atoms with Crippen molar-refractivity contribution in [3.05, 3.63) is 35.4 Å². The molecule has 0 aliphatic rings. The Labute approximate surface area is 125 Å². The van der Waals surface area contributed by atoms with Crippen LogP contribution in [-0.2, 0) is 0 Å². The first kappa shape index (κ1) is 17.2. The highest BCUT2D eigenvalue weighted by Crippen LogP contribution is 2.20. The number of hydrogen-bond donors (Lipinski definition) is 1. The zero-order valence-corrected chi connectivity index (χ0v) is 14.0. The van der Waals surface area contributed by atoms with Crippen LogP contribution in [0.4, 0.5) is 0 Å². The van der Waals surface area contributed by atoms with Gasteiger partial charge in [0.2, 0.25) is 0 Å². The van der Waals surface area contributed by atoms with Crippen molar-refractivity contribution in [3.63, 3.8) is 0 Å². The van der Waals surface area contributed by atoms with Crippen molar-refractivity contribution in [2.45, 2.75) is 32.9 Å². The molecule has 3 nitrogen and oxygen atoms in total. The Morgan fingerprint density at radius 1 is 1.05 bits per heavy atom. The van der Waals surface area contributed by atoms with Crippen molar-refractivity contribution < 1.29 is 0 Å². The summed E-state index contributed by atoms with van der Waals surface area (Å²) in [6.07, 6.45) is 0. The molecule has 2 atom stereocenters. The van der Waals surface area contributed by atoms with Gasteiger partial charge in [-0.15, -0.1) is 0 Å². The van der Waals surface area contributed by atoms with Crippen molar-refractivity contribution in [2.24, 2.45) is 0 Å². The van der Waals surface area contributed by atoms with Gasteiger partial charge in [0.05, 0.1) is 0 Å². The molecule has 0 saturated heterocycles. The lowest BCUT2D eigenvalue weighted by Crippen LogP contribution is -2.43. The molecule has 1 rings (SSSR count). The Morgan fingerprint density at radius 2 is 1.65 bits per heavy atom. The van der Waals surface area contributed by atoms with Crippen molar-refractivity contribution in [1.29, 1.82) is 0 Å². The largest absolute Gasteiger partial charge is 0.309 e. The molecule has 0 spiro atoms. The molecule has 1 aromatic carbocycles. The summed E-state index contributed by atoms with van der Waals surface area (Å²) in [7, 11) is 6.47. The van der Waals surface area contributed by atoms with Crippen molar-refractivity contribution in [1.82, 2.24) is 15.1 Å². The van der Waals surface area contributed by atoms with Crippen LogP contribution in [0.15, 0.2) is 24.3 Å². The summed E-state index contributed by atoms with van der Waals surface area (Å²) in [5.41, 5.74) is 2.69. The first-order chi connectivity index (χ1) is 9.45. The molecule has 1 aromatic rings. The third-order valence-electron chi connectivity index (χ3n) is 3.94. The van der Waals surface area contributed by atoms with Crippen molar-refractivity contribution >= 4 is 0 Å². The summed E-state index contributed by atoms with van der Waals surface area (Å²) in [5, 5.41) is 3.63. The third-order valence-corrected chi connectivity index (χ3v) is 3.94. The van der Waals surface area contributed by atoms with Gasteiger partial charge in [-0.3, -0.25) is 0 Å². The normalized spacial score (nSPS) is 14.8. The fraction of sp³-hybridized carbons (Fsp3) is 0.647. The van der Waals surface area contributed by atoms with Crippen molar-refractivity contribution in [3.8, 4) is 0 Å². The second-order valence-electron chi connectivity index (χ2n) is 5.97. The number of nitrogens with one attached hydrogen (secondary N) is 1. The van der Waals surface area contributed by atoms with Crippen LogP contribution < -0.4 is 5.32 Å². The molecule has 0 heterocycles. The number of aryl methyl sites for hydroxylation is 1. The predicted octanol–water partition coefficient (Wildman–Crippen LogP) is 2.53. The average Bonchev–Trinajstić information content (AvgIpc) is 2.42. The van der Waals surface area contributed by atoms with E-state index in [9.17, 15) is 0 Å². The van der Waals surface area contributed by atoms with E-state index in [1.54, 1.807) is 0 Å². The van der Waals surface area contributed by atoms with Gasteiger partial charge in [-0.05, 0) is 47.1 Å². The smallest absolute Gasteiger partial charge is 0.0475 e. The highest BCUT2D eigenvalue weighted by Gasteiger charge is 2.21. The summed E-state index contributed by atoms with van der Waals surface area (Å²) < 4.78 is 0. The second kappa shape index (κ2) is 8.40. The van der Waals surface area contributed by atoms with E-state index < -0.39 is 0 Å². The first-order valence-electron chi connectivity index (χ1n) is 7.60. The maximum atomic E-state index is 3.63. The fourth-order valence-corrected chi connectivity index (χ4v) is 2.38. The van der Waals surface area contributed by atoms with Gasteiger partial charge in [0.15, 0.2) is 0 Å². The minimum absolute atomic E-state index is 0.382. The standard InChI is InChI=1S/C17H31N3/c1-7-18-17(16-10-8-14(2)9-11-16)15(3)20(6)13-12-19(4)5/h8-11,15,17-18H,7,12-13H2,1-6H3. The van der Waals surface area contributed by atoms with E-state index in [2.05, 4.69) is 81.3 Å². The zero-order chi connectivity index (χ0) is 15.1. The van der Waals surface area contributed by atoms with E-state index in [-0.39, 0.29) is 0 Å². The molecule has 0 aliphatic heterocycles. The lowest BCUT2D eigenvalue weighted by atomic mass is 9.98. The van der Waals surface area contributed by atoms with Gasteiger partial charge in [-0.1, -0.05) is 36.8 Å². The number of rotatable bonds is 8. The fourth-order valence-electron chi connectivity index (χ4n) is 2.38. The van der Waals surface area contributed by atoms with E-state index in [1.165, 1.54) is 11.1 Å².